The van der Waals surface area contributed by atoms with Gasteiger partial charge < -0.3 is 16.3 Å². The Kier molecular flexibility index (Phi) is 5.22. The maximum Gasteiger partial charge on any atom is 0.262 e. The quantitative estimate of drug-likeness (QED) is 0.263. The van der Waals surface area contributed by atoms with Crippen molar-refractivity contribution in [2.45, 2.75) is 57.4 Å². The summed E-state index contributed by atoms with van der Waals surface area (Å²) in [6.45, 7) is 2.07. The Labute approximate surface area is 129 Å². The number of nitrogens with two attached hydrogens (primary N) is 1. The van der Waals surface area contributed by atoms with Crippen LogP contribution in [0.5, 0.6) is 0 Å². The van der Waals surface area contributed by atoms with Crippen molar-refractivity contribution < 1.29 is 10.0 Å². The minimum atomic E-state index is -0.710. The lowest BCUT2D eigenvalue weighted by Crippen LogP contribution is -2.57. The molecular formula is C15H23N3O2S. The maximum atomic E-state index is 12.5. The van der Waals surface area contributed by atoms with Crippen LogP contribution in [-0.4, -0.2) is 22.5 Å². The van der Waals surface area contributed by atoms with Crippen LogP contribution >= 0.6 is 11.3 Å². The summed E-state index contributed by atoms with van der Waals surface area (Å²) in [5.74, 6) is -0.0155. The molecule has 0 aromatic carbocycles. The second-order valence-corrected chi connectivity index (χ2v) is 6.72. The van der Waals surface area contributed by atoms with E-state index in [2.05, 4.69) is 17.4 Å². The molecule has 116 valence electrons. The number of hydrogen-bond donors (Lipinski definition) is 3. The molecule has 1 aromatic rings. The first-order valence-electron chi connectivity index (χ1n) is 7.50. The van der Waals surface area contributed by atoms with E-state index in [1.807, 2.05) is 12.1 Å². The van der Waals surface area contributed by atoms with E-state index in [1.54, 1.807) is 0 Å². The SMILES string of the molecule is CCc1ccc(C(=O)NC2(C(N)=NO)CCCCCC2)s1. The molecule has 0 bridgehead atoms. The van der Waals surface area contributed by atoms with Gasteiger partial charge in [0.25, 0.3) is 5.91 Å². The summed E-state index contributed by atoms with van der Waals surface area (Å²) in [7, 11) is 0. The summed E-state index contributed by atoms with van der Waals surface area (Å²) in [6, 6.07) is 3.82. The minimum Gasteiger partial charge on any atom is -0.409 e. The summed E-state index contributed by atoms with van der Waals surface area (Å²) >= 11 is 1.50. The topological polar surface area (TPSA) is 87.7 Å². The number of hydrogen-bond acceptors (Lipinski definition) is 4. The van der Waals surface area contributed by atoms with E-state index < -0.39 is 5.54 Å². The molecule has 1 aliphatic rings. The molecule has 4 N–H and O–H groups in total. The lowest BCUT2D eigenvalue weighted by Gasteiger charge is -2.32. The van der Waals surface area contributed by atoms with Gasteiger partial charge in [0.2, 0.25) is 0 Å². The van der Waals surface area contributed by atoms with Crippen molar-refractivity contribution in [3.8, 4) is 0 Å². The minimum absolute atomic E-state index is 0.116. The summed E-state index contributed by atoms with van der Waals surface area (Å²) < 4.78 is 0. The molecule has 5 nitrogen and oxygen atoms in total. The fourth-order valence-corrected chi connectivity index (χ4v) is 3.68. The van der Waals surface area contributed by atoms with Gasteiger partial charge in [-0.15, -0.1) is 11.3 Å². The number of rotatable bonds is 4. The van der Waals surface area contributed by atoms with Crippen LogP contribution in [0.2, 0.25) is 0 Å². The zero-order valence-electron chi connectivity index (χ0n) is 12.4. The molecule has 1 amide bonds. The van der Waals surface area contributed by atoms with Crippen molar-refractivity contribution in [2.24, 2.45) is 10.9 Å². The Morgan fingerprint density at radius 3 is 2.57 bits per heavy atom. The lowest BCUT2D eigenvalue weighted by molar-refractivity contribution is 0.0919. The molecule has 6 heteroatoms. The van der Waals surface area contributed by atoms with E-state index in [-0.39, 0.29) is 11.7 Å². The van der Waals surface area contributed by atoms with Gasteiger partial charge in [-0.2, -0.15) is 0 Å². The fourth-order valence-electron chi connectivity index (χ4n) is 2.84. The van der Waals surface area contributed by atoms with Gasteiger partial charge in [-0.05, 0) is 31.4 Å². The van der Waals surface area contributed by atoms with Gasteiger partial charge in [0.1, 0.15) is 5.54 Å². The average molecular weight is 309 g/mol. The molecule has 0 unspecified atom stereocenters. The van der Waals surface area contributed by atoms with Crippen LogP contribution in [0.3, 0.4) is 0 Å². The Morgan fingerprint density at radius 1 is 1.38 bits per heavy atom. The first-order chi connectivity index (χ1) is 10.1. The van der Waals surface area contributed by atoms with Gasteiger partial charge in [-0.3, -0.25) is 4.79 Å². The third kappa shape index (κ3) is 3.56. The van der Waals surface area contributed by atoms with Gasteiger partial charge in [0, 0.05) is 4.88 Å². The van der Waals surface area contributed by atoms with Crippen LogP contribution in [0.25, 0.3) is 0 Å². The van der Waals surface area contributed by atoms with Crippen molar-refractivity contribution in [3.05, 3.63) is 21.9 Å². The van der Waals surface area contributed by atoms with Crippen molar-refractivity contribution in [3.63, 3.8) is 0 Å². The molecule has 0 atom stereocenters. The molecule has 2 rings (SSSR count). The third-order valence-corrected chi connectivity index (χ3v) is 5.37. The number of nitrogens with zero attached hydrogens (tertiary/aromatic N) is 1. The zero-order valence-corrected chi connectivity index (χ0v) is 13.2. The van der Waals surface area contributed by atoms with Crippen molar-refractivity contribution in [1.82, 2.24) is 5.32 Å². The number of amidine groups is 1. The second kappa shape index (κ2) is 6.93. The fraction of sp³-hybridized carbons (Fsp3) is 0.600. The van der Waals surface area contributed by atoms with E-state index in [4.69, 9.17) is 10.9 Å². The molecule has 0 spiro atoms. The van der Waals surface area contributed by atoms with Gasteiger partial charge in [-0.25, -0.2) is 0 Å². The molecular weight excluding hydrogens is 286 g/mol. The highest BCUT2D eigenvalue weighted by Crippen LogP contribution is 2.28. The van der Waals surface area contributed by atoms with E-state index in [1.165, 1.54) is 16.2 Å². The number of thiophene rings is 1. The van der Waals surface area contributed by atoms with Crippen LogP contribution in [0.15, 0.2) is 17.3 Å². The summed E-state index contributed by atoms with van der Waals surface area (Å²) in [5.41, 5.74) is 5.19. The molecule has 0 radical (unpaired) electrons. The monoisotopic (exact) mass is 309 g/mol. The Morgan fingerprint density at radius 2 is 2.05 bits per heavy atom. The van der Waals surface area contributed by atoms with E-state index >= 15 is 0 Å². The van der Waals surface area contributed by atoms with Crippen LogP contribution in [0.4, 0.5) is 0 Å². The molecule has 0 saturated heterocycles. The van der Waals surface area contributed by atoms with E-state index in [0.717, 1.165) is 44.9 Å². The Hall–Kier alpha value is -1.56. The molecule has 1 saturated carbocycles. The van der Waals surface area contributed by atoms with Gasteiger partial charge in [0.15, 0.2) is 5.84 Å². The molecule has 21 heavy (non-hydrogen) atoms. The predicted octanol–water partition coefficient (Wildman–Crippen LogP) is 2.88. The van der Waals surface area contributed by atoms with Crippen molar-refractivity contribution >= 4 is 23.1 Å². The highest BCUT2D eigenvalue weighted by molar-refractivity contribution is 7.14. The number of carbonyl (C=O) groups excluding carboxylic acids is 1. The molecule has 0 aliphatic heterocycles. The van der Waals surface area contributed by atoms with Crippen LogP contribution in [0.1, 0.15) is 60.0 Å². The normalized spacial score (nSPS) is 19.0. The van der Waals surface area contributed by atoms with Gasteiger partial charge in [-0.1, -0.05) is 37.8 Å². The third-order valence-electron chi connectivity index (χ3n) is 4.14. The van der Waals surface area contributed by atoms with Crippen LogP contribution in [-0.2, 0) is 6.42 Å². The van der Waals surface area contributed by atoms with Gasteiger partial charge in [0.05, 0.1) is 4.88 Å². The number of carbonyl (C=O) groups is 1. The molecule has 1 fully saturated rings. The molecule has 1 heterocycles. The number of oxime groups is 1. The van der Waals surface area contributed by atoms with Crippen LogP contribution < -0.4 is 11.1 Å². The van der Waals surface area contributed by atoms with E-state index in [0.29, 0.717) is 4.88 Å². The second-order valence-electron chi connectivity index (χ2n) is 5.56. The number of nitrogens with one attached hydrogen (secondary N) is 1. The number of aryl methyl sites for hydroxylation is 1. The average Bonchev–Trinajstić information content (AvgIpc) is 2.87. The lowest BCUT2D eigenvalue weighted by atomic mass is 9.88. The molecule has 1 aromatic heterocycles. The Balaban J connectivity index is 2.19. The Bertz CT molecular complexity index is 517. The summed E-state index contributed by atoms with van der Waals surface area (Å²) in [5, 5.41) is 15.3. The standard InChI is InChI=1S/C15H23N3O2S/c1-2-11-7-8-12(21-11)13(19)17-15(14(16)18-20)9-5-3-4-6-10-15/h7-8,20H,2-6,9-10H2,1H3,(H2,16,18)(H,17,19). The van der Waals surface area contributed by atoms with Crippen molar-refractivity contribution in [2.75, 3.05) is 0 Å². The van der Waals surface area contributed by atoms with Crippen LogP contribution in [0, 0.1) is 0 Å². The predicted molar refractivity (Wildman–Crippen MR) is 85.0 cm³/mol. The first-order valence-corrected chi connectivity index (χ1v) is 8.32. The highest BCUT2D eigenvalue weighted by atomic mass is 32.1. The first kappa shape index (κ1) is 15.8. The zero-order chi connectivity index (χ0) is 15.3. The highest BCUT2D eigenvalue weighted by Gasteiger charge is 2.37. The smallest absolute Gasteiger partial charge is 0.262 e. The number of amides is 1. The summed E-state index contributed by atoms with van der Waals surface area (Å²) in [6.07, 6.45) is 6.55. The summed E-state index contributed by atoms with van der Waals surface area (Å²) in [4.78, 5) is 14.3. The van der Waals surface area contributed by atoms with Gasteiger partial charge >= 0.3 is 0 Å². The van der Waals surface area contributed by atoms with E-state index in [9.17, 15) is 4.79 Å². The molecule has 1 aliphatic carbocycles. The largest absolute Gasteiger partial charge is 0.409 e. The van der Waals surface area contributed by atoms with Crippen molar-refractivity contribution in [1.29, 1.82) is 0 Å². The maximum absolute atomic E-state index is 12.5.